The molecule has 0 saturated carbocycles. The third kappa shape index (κ3) is 3.52. The first-order valence-electron chi connectivity index (χ1n) is 6.36. The summed E-state index contributed by atoms with van der Waals surface area (Å²) in [5.74, 6) is 0.417. The highest BCUT2D eigenvalue weighted by Gasteiger charge is 2.28. The maximum absolute atomic E-state index is 12.7. The van der Waals surface area contributed by atoms with Crippen LogP contribution in [0.3, 0.4) is 0 Å². The van der Waals surface area contributed by atoms with Crippen LogP contribution in [0.1, 0.15) is 18.2 Å². The van der Waals surface area contributed by atoms with Crippen molar-refractivity contribution in [1.82, 2.24) is 9.29 Å². The van der Waals surface area contributed by atoms with Crippen molar-refractivity contribution >= 4 is 26.0 Å². The Morgan fingerprint density at radius 1 is 1.38 bits per heavy atom. The Hall–Kier alpha value is -1.22. The summed E-state index contributed by atoms with van der Waals surface area (Å²) in [7, 11) is -3.65. The van der Waals surface area contributed by atoms with Crippen LogP contribution in [0.25, 0.3) is 0 Å². The van der Waals surface area contributed by atoms with E-state index < -0.39 is 10.0 Å². The molecule has 0 amide bonds. The minimum Gasteiger partial charge on any atom is -0.452 e. The van der Waals surface area contributed by atoms with Crippen LogP contribution in [0.4, 0.5) is 0 Å². The number of furan rings is 1. The first-order chi connectivity index (χ1) is 9.98. The van der Waals surface area contributed by atoms with Crippen molar-refractivity contribution in [1.29, 1.82) is 0 Å². The molecule has 0 saturated heterocycles. The Kier molecular flexibility index (Phi) is 5.15. The molecule has 0 unspecified atom stereocenters. The van der Waals surface area contributed by atoms with Crippen molar-refractivity contribution in [2.24, 2.45) is 5.73 Å². The number of hydrogen-bond acceptors (Lipinski definition) is 5. The average Bonchev–Trinajstić information content (AvgIpc) is 2.87. The zero-order valence-corrected chi connectivity index (χ0v) is 13.9. The fraction of sp³-hybridized carbons (Fsp3) is 0.308. The molecule has 0 radical (unpaired) electrons. The number of halogens is 1. The van der Waals surface area contributed by atoms with E-state index >= 15 is 0 Å². The van der Waals surface area contributed by atoms with Gasteiger partial charge in [-0.1, -0.05) is 6.92 Å². The molecule has 2 rings (SSSR count). The molecule has 2 aromatic heterocycles. The van der Waals surface area contributed by atoms with Gasteiger partial charge in [-0.25, -0.2) is 8.42 Å². The van der Waals surface area contributed by atoms with Crippen molar-refractivity contribution in [2.45, 2.75) is 24.9 Å². The first-order valence-corrected chi connectivity index (χ1v) is 8.59. The van der Waals surface area contributed by atoms with E-state index in [2.05, 4.69) is 20.9 Å². The molecule has 2 heterocycles. The normalized spacial score (nSPS) is 12.0. The van der Waals surface area contributed by atoms with Crippen LogP contribution in [-0.4, -0.2) is 24.3 Å². The SMILES string of the molecule is CCN(Cc1ccncc1)S(=O)(=O)c1cc(CN)oc1Br. The lowest BCUT2D eigenvalue weighted by Gasteiger charge is -2.19. The third-order valence-corrected chi connectivity index (χ3v) is 5.76. The van der Waals surface area contributed by atoms with Gasteiger partial charge >= 0.3 is 0 Å². The van der Waals surface area contributed by atoms with E-state index in [1.807, 2.05) is 0 Å². The number of hydrogen-bond donors (Lipinski definition) is 1. The summed E-state index contributed by atoms with van der Waals surface area (Å²) in [4.78, 5) is 4.02. The Labute approximate surface area is 132 Å². The number of pyridine rings is 1. The van der Waals surface area contributed by atoms with Crippen LogP contribution < -0.4 is 5.73 Å². The molecule has 6 nitrogen and oxygen atoms in total. The zero-order chi connectivity index (χ0) is 15.5. The van der Waals surface area contributed by atoms with E-state index in [1.165, 1.54) is 10.4 Å². The molecule has 8 heteroatoms. The number of aromatic nitrogens is 1. The average molecular weight is 374 g/mol. The second kappa shape index (κ2) is 6.69. The molecule has 0 aliphatic carbocycles. The molecule has 2 aromatic rings. The highest BCUT2D eigenvalue weighted by atomic mass is 79.9. The van der Waals surface area contributed by atoms with Gasteiger partial charge in [0.15, 0.2) is 4.67 Å². The third-order valence-electron chi connectivity index (χ3n) is 2.99. The molecule has 0 aliphatic rings. The van der Waals surface area contributed by atoms with Crippen LogP contribution in [0.2, 0.25) is 0 Å². The van der Waals surface area contributed by atoms with Crippen LogP contribution in [0.5, 0.6) is 0 Å². The quantitative estimate of drug-likeness (QED) is 0.837. The van der Waals surface area contributed by atoms with E-state index in [1.54, 1.807) is 31.5 Å². The van der Waals surface area contributed by atoms with E-state index in [4.69, 9.17) is 10.2 Å². The minimum atomic E-state index is -3.65. The predicted octanol–water partition coefficient (Wildman–Crippen LogP) is 2.11. The fourth-order valence-corrected chi connectivity index (χ4v) is 4.27. The van der Waals surface area contributed by atoms with Crippen molar-refractivity contribution in [3.8, 4) is 0 Å². The molecule has 0 aromatic carbocycles. The summed E-state index contributed by atoms with van der Waals surface area (Å²) in [6, 6.07) is 5.02. The van der Waals surface area contributed by atoms with E-state index in [0.717, 1.165) is 5.56 Å². The second-order valence-electron chi connectivity index (χ2n) is 4.34. The van der Waals surface area contributed by atoms with E-state index in [-0.39, 0.29) is 22.7 Å². The molecule has 0 bridgehead atoms. The lowest BCUT2D eigenvalue weighted by atomic mass is 10.3. The first kappa shape index (κ1) is 16.2. The Morgan fingerprint density at radius 3 is 2.57 bits per heavy atom. The summed E-state index contributed by atoms with van der Waals surface area (Å²) in [6.45, 7) is 2.55. The molecule has 114 valence electrons. The van der Waals surface area contributed by atoms with Gasteiger partial charge in [-0.2, -0.15) is 4.31 Å². The van der Waals surface area contributed by atoms with Crippen molar-refractivity contribution < 1.29 is 12.8 Å². The monoisotopic (exact) mass is 373 g/mol. The maximum atomic E-state index is 12.7. The largest absolute Gasteiger partial charge is 0.452 e. The van der Waals surface area contributed by atoms with Gasteiger partial charge in [0, 0.05) is 31.5 Å². The zero-order valence-electron chi connectivity index (χ0n) is 11.5. The van der Waals surface area contributed by atoms with Crippen molar-refractivity contribution in [2.75, 3.05) is 6.54 Å². The van der Waals surface area contributed by atoms with Crippen LogP contribution >= 0.6 is 15.9 Å². The van der Waals surface area contributed by atoms with Gasteiger partial charge in [-0.3, -0.25) is 4.98 Å². The van der Waals surface area contributed by atoms with Crippen LogP contribution in [0.15, 0.2) is 44.6 Å². The second-order valence-corrected chi connectivity index (χ2v) is 6.97. The Morgan fingerprint density at radius 2 is 2.05 bits per heavy atom. The Balaban J connectivity index is 2.33. The van der Waals surface area contributed by atoms with Gasteiger partial charge in [-0.05, 0) is 33.6 Å². The van der Waals surface area contributed by atoms with Gasteiger partial charge < -0.3 is 10.2 Å². The number of nitrogens with two attached hydrogens (primary N) is 1. The van der Waals surface area contributed by atoms with Gasteiger partial charge in [0.2, 0.25) is 10.0 Å². The van der Waals surface area contributed by atoms with Gasteiger partial charge in [-0.15, -0.1) is 0 Å². The van der Waals surface area contributed by atoms with Gasteiger partial charge in [0.05, 0.1) is 6.54 Å². The highest BCUT2D eigenvalue weighted by molar-refractivity contribution is 9.10. The molecular formula is C13H16BrN3O3S. The van der Waals surface area contributed by atoms with E-state index in [9.17, 15) is 8.42 Å². The van der Waals surface area contributed by atoms with E-state index in [0.29, 0.717) is 12.3 Å². The number of rotatable bonds is 6. The minimum absolute atomic E-state index is 0.0962. The summed E-state index contributed by atoms with van der Waals surface area (Å²) < 4.78 is 32.2. The van der Waals surface area contributed by atoms with Crippen molar-refractivity contribution in [3.63, 3.8) is 0 Å². The molecular weight excluding hydrogens is 358 g/mol. The summed E-state index contributed by atoms with van der Waals surface area (Å²) >= 11 is 3.14. The summed E-state index contributed by atoms with van der Waals surface area (Å²) in [5, 5.41) is 0. The number of nitrogens with zero attached hydrogens (tertiary/aromatic N) is 2. The number of sulfonamides is 1. The lowest BCUT2D eigenvalue weighted by molar-refractivity contribution is 0.420. The van der Waals surface area contributed by atoms with Gasteiger partial charge in [0.1, 0.15) is 10.7 Å². The summed E-state index contributed by atoms with van der Waals surface area (Å²) in [5.41, 5.74) is 6.35. The molecule has 2 N–H and O–H groups in total. The molecule has 0 atom stereocenters. The molecule has 0 aliphatic heterocycles. The standard InChI is InChI=1S/C13H16BrN3O3S/c1-2-17(9-10-3-5-16-6-4-10)21(18,19)12-7-11(8-15)20-13(12)14/h3-7H,2,8-9,15H2,1H3. The topological polar surface area (TPSA) is 89.4 Å². The van der Waals surface area contributed by atoms with Crippen molar-refractivity contribution in [3.05, 3.63) is 46.6 Å². The smallest absolute Gasteiger partial charge is 0.247 e. The molecule has 0 spiro atoms. The molecule has 21 heavy (non-hydrogen) atoms. The maximum Gasteiger partial charge on any atom is 0.247 e. The lowest BCUT2D eigenvalue weighted by Crippen LogP contribution is -2.30. The van der Waals surface area contributed by atoms with Gasteiger partial charge in [0.25, 0.3) is 0 Å². The highest BCUT2D eigenvalue weighted by Crippen LogP contribution is 2.29. The fourth-order valence-electron chi connectivity index (χ4n) is 1.87. The van der Waals surface area contributed by atoms with Crippen LogP contribution in [-0.2, 0) is 23.1 Å². The molecule has 0 fully saturated rings. The predicted molar refractivity (Wildman–Crippen MR) is 81.8 cm³/mol. The van der Waals surface area contributed by atoms with Crippen LogP contribution in [0, 0.1) is 0 Å². The summed E-state index contributed by atoms with van der Waals surface area (Å²) in [6.07, 6.45) is 3.27. The Bertz CT molecular complexity index is 701.